The minimum atomic E-state index is 0.658. The lowest BCUT2D eigenvalue weighted by atomic mass is 9.98. The molecule has 0 fully saturated rings. The Bertz CT molecular complexity index is 277. The van der Waals surface area contributed by atoms with Crippen LogP contribution in [0.5, 0.6) is 0 Å². The van der Waals surface area contributed by atoms with Crippen LogP contribution in [0.3, 0.4) is 0 Å². The molecule has 1 aliphatic rings. The monoisotopic (exact) mass is 165 g/mol. The lowest BCUT2D eigenvalue weighted by Gasteiger charge is -2.23. The standard InChI is InChI=1S/C9H15N3/c1-7-11-5-9-3-2-8(4-10)6-12(7)9/h5,8H,2-4,6,10H2,1H3. The van der Waals surface area contributed by atoms with Crippen LogP contribution >= 0.6 is 0 Å². The molecule has 0 aliphatic carbocycles. The van der Waals surface area contributed by atoms with Gasteiger partial charge in [-0.25, -0.2) is 4.98 Å². The van der Waals surface area contributed by atoms with E-state index in [9.17, 15) is 0 Å². The van der Waals surface area contributed by atoms with E-state index in [-0.39, 0.29) is 0 Å². The number of nitrogens with zero attached hydrogens (tertiary/aromatic N) is 2. The Morgan fingerprint density at radius 3 is 3.33 bits per heavy atom. The number of nitrogens with two attached hydrogens (primary N) is 1. The van der Waals surface area contributed by atoms with Gasteiger partial charge < -0.3 is 10.3 Å². The minimum Gasteiger partial charge on any atom is -0.332 e. The van der Waals surface area contributed by atoms with Gasteiger partial charge in [0, 0.05) is 18.4 Å². The fourth-order valence-electron chi connectivity index (χ4n) is 1.86. The molecule has 2 N–H and O–H groups in total. The molecule has 1 unspecified atom stereocenters. The number of aromatic nitrogens is 2. The minimum absolute atomic E-state index is 0.658. The van der Waals surface area contributed by atoms with Gasteiger partial charge in [0.2, 0.25) is 0 Å². The number of aryl methyl sites for hydroxylation is 2. The molecule has 0 bridgehead atoms. The van der Waals surface area contributed by atoms with E-state index in [1.165, 1.54) is 12.1 Å². The van der Waals surface area contributed by atoms with Crippen LogP contribution in [0.25, 0.3) is 0 Å². The van der Waals surface area contributed by atoms with Crippen LogP contribution in [0.4, 0.5) is 0 Å². The Balaban J connectivity index is 2.26. The molecule has 1 aromatic rings. The topological polar surface area (TPSA) is 43.8 Å². The summed E-state index contributed by atoms with van der Waals surface area (Å²) in [5.41, 5.74) is 7.02. The zero-order chi connectivity index (χ0) is 8.55. The van der Waals surface area contributed by atoms with E-state index in [1.54, 1.807) is 0 Å². The summed E-state index contributed by atoms with van der Waals surface area (Å²) in [6.45, 7) is 3.93. The summed E-state index contributed by atoms with van der Waals surface area (Å²) in [5, 5.41) is 0. The van der Waals surface area contributed by atoms with Crippen molar-refractivity contribution in [1.29, 1.82) is 0 Å². The van der Waals surface area contributed by atoms with Crippen LogP contribution in [-0.2, 0) is 13.0 Å². The van der Waals surface area contributed by atoms with Gasteiger partial charge in [-0.2, -0.15) is 0 Å². The molecule has 0 spiro atoms. The van der Waals surface area contributed by atoms with Gasteiger partial charge in [0.25, 0.3) is 0 Å². The Kier molecular flexibility index (Phi) is 1.89. The number of hydrogen-bond donors (Lipinski definition) is 1. The fourth-order valence-corrected chi connectivity index (χ4v) is 1.86. The third kappa shape index (κ3) is 1.14. The Hall–Kier alpha value is -0.830. The molecule has 1 aliphatic heterocycles. The lowest BCUT2D eigenvalue weighted by molar-refractivity contribution is 0.374. The highest BCUT2D eigenvalue weighted by atomic mass is 15.1. The smallest absolute Gasteiger partial charge is 0.105 e. The van der Waals surface area contributed by atoms with Gasteiger partial charge in [0.1, 0.15) is 5.82 Å². The zero-order valence-corrected chi connectivity index (χ0v) is 7.45. The number of rotatable bonds is 1. The predicted molar refractivity (Wildman–Crippen MR) is 47.8 cm³/mol. The van der Waals surface area contributed by atoms with Gasteiger partial charge in [-0.05, 0) is 32.2 Å². The van der Waals surface area contributed by atoms with Crippen molar-refractivity contribution in [1.82, 2.24) is 9.55 Å². The van der Waals surface area contributed by atoms with E-state index in [2.05, 4.69) is 16.5 Å². The molecule has 3 nitrogen and oxygen atoms in total. The normalized spacial score (nSPS) is 22.3. The van der Waals surface area contributed by atoms with Gasteiger partial charge in [-0.1, -0.05) is 0 Å². The van der Waals surface area contributed by atoms with Crippen molar-refractivity contribution < 1.29 is 0 Å². The molecular formula is C9H15N3. The first-order valence-electron chi connectivity index (χ1n) is 4.52. The first-order chi connectivity index (χ1) is 5.81. The average molecular weight is 165 g/mol. The fraction of sp³-hybridized carbons (Fsp3) is 0.667. The molecule has 3 heteroatoms. The van der Waals surface area contributed by atoms with Crippen LogP contribution in [0.15, 0.2) is 6.20 Å². The zero-order valence-electron chi connectivity index (χ0n) is 7.45. The Morgan fingerprint density at radius 2 is 2.58 bits per heavy atom. The maximum Gasteiger partial charge on any atom is 0.105 e. The summed E-state index contributed by atoms with van der Waals surface area (Å²) >= 11 is 0. The Morgan fingerprint density at radius 1 is 1.75 bits per heavy atom. The summed E-state index contributed by atoms with van der Waals surface area (Å²) in [6.07, 6.45) is 4.35. The quantitative estimate of drug-likeness (QED) is 0.666. The molecule has 1 atom stereocenters. The van der Waals surface area contributed by atoms with E-state index in [1.807, 2.05) is 6.20 Å². The van der Waals surface area contributed by atoms with Crippen molar-refractivity contribution in [3.63, 3.8) is 0 Å². The van der Waals surface area contributed by atoms with Crippen molar-refractivity contribution in [2.45, 2.75) is 26.3 Å². The maximum absolute atomic E-state index is 5.65. The van der Waals surface area contributed by atoms with Gasteiger partial charge in [-0.15, -0.1) is 0 Å². The van der Waals surface area contributed by atoms with E-state index in [4.69, 9.17) is 5.73 Å². The molecular weight excluding hydrogens is 150 g/mol. The third-order valence-electron chi connectivity index (χ3n) is 2.72. The van der Waals surface area contributed by atoms with Crippen molar-refractivity contribution >= 4 is 0 Å². The van der Waals surface area contributed by atoms with Gasteiger partial charge in [0.05, 0.1) is 0 Å². The van der Waals surface area contributed by atoms with Crippen molar-refractivity contribution in [3.8, 4) is 0 Å². The second-order valence-corrected chi connectivity index (χ2v) is 3.55. The third-order valence-corrected chi connectivity index (χ3v) is 2.72. The number of hydrogen-bond acceptors (Lipinski definition) is 2. The molecule has 0 radical (unpaired) electrons. The second kappa shape index (κ2) is 2.90. The summed E-state index contributed by atoms with van der Waals surface area (Å²) in [4.78, 5) is 4.29. The summed E-state index contributed by atoms with van der Waals surface area (Å²) in [5.74, 6) is 1.79. The van der Waals surface area contributed by atoms with Crippen LogP contribution in [0.2, 0.25) is 0 Å². The first kappa shape index (κ1) is 7.80. The van der Waals surface area contributed by atoms with E-state index in [0.29, 0.717) is 5.92 Å². The predicted octanol–water partition coefficient (Wildman–Crippen LogP) is 0.713. The highest BCUT2D eigenvalue weighted by molar-refractivity contribution is 5.07. The van der Waals surface area contributed by atoms with E-state index < -0.39 is 0 Å². The molecule has 0 amide bonds. The van der Waals surface area contributed by atoms with Crippen molar-refractivity contribution in [3.05, 3.63) is 17.7 Å². The number of imidazole rings is 1. The Labute approximate surface area is 72.6 Å². The van der Waals surface area contributed by atoms with E-state index >= 15 is 0 Å². The molecule has 0 aromatic carbocycles. The van der Waals surface area contributed by atoms with Gasteiger partial charge in [0.15, 0.2) is 0 Å². The second-order valence-electron chi connectivity index (χ2n) is 3.55. The van der Waals surface area contributed by atoms with Crippen LogP contribution < -0.4 is 5.73 Å². The molecule has 66 valence electrons. The first-order valence-corrected chi connectivity index (χ1v) is 4.52. The molecule has 12 heavy (non-hydrogen) atoms. The molecule has 0 saturated carbocycles. The summed E-state index contributed by atoms with van der Waals surface area (Å²) in [7, 11) is 0. The summed E-state index contributed by atoms with van der Waals surface area (Å²) < 4.78 is 2.29. The highest BCUT2D eigenvalue weighted by Gasteiger charge is 2.18. The molecule has 0 saturated heterocycles. The van der Waals surface area contributed by atoms with Crippen LogP contribution in [-0.4, -0.2) is 16.1 Å². The lowest BCUT2D eigenvalue weighted by Crippen LogP contribution is -2.26. The molecule has 1 aromatic heterocycles. The average Bonchev–Trinajstić information content (AvgIpc) is 2.47. The maximum atomic E-state index is 5.65. The highest BCUT2D eigenvalue weighted by Crippen LogP contribution is 2.20. The SMILES string of the molecule is Cc1ncc2n1CC(CN)CC2. The largest absolute Gasteiger partial charge is 0.332 e. The van der Waals surface area contributed by atoms with Crippen molar-refractivity contribution in [2.24, 2.45) is 11.7 Å². The molecule has 2 rings (SSSR count). The number of fused-ring (bicyclic) bond motifs is 1. The van der Waals surface area contributed by atoms with Crippen molar-refractivity contribution in [2.75, 3.05) is 6.54 Å². The van der Waals surface area contributed by atoms with E-state index in [0.717, 1.165) is 25.3 Å². The molecule has 2 heterocycles. The van der Waals surface area contributed by atoms with Gasteiger partial charge >= 0.3 is 0 Å². The van der Waals surface area contributed by atoms with Gasteiger partial charge in [-0.3, -0.25) is 0 Å². The summed E-state index contributed by atoms with van der Waals surface area (Å²) in [6, 6.07) is 0. The van der Waals surface area contributed by atoms with Crippen LogP contribution in [0, 0.1) is 12.8 Å². The van der Waals surface area contributed by atoms with Crippen LogP contribution in [0.1, 0.15) is 17.9 Å².